The maximum absolute atomic E-state index is 13.6. The Morgan fingerprint density at radius 3 is 2.39 bits per heavy atom. The molecule has 0 radical (unpaired) electrons. The van der Waals surface area contributed by atoms with Crippen LogP contribution in [0.25, 0.3) is 33.5 Å². The Hall–Kier alpha value is -6.10. The number of ether oxygens (including phenoxy) is 4. The van der Waals surface area contributed by atoms with E-state index < -0.39 is 23.8 Å². The average Bonchev–Trinajstić information content (AvgIpc) is 3.82. The van der Waals surface area contributed by atoms with Gasteiger partial charge in [-0.05, 0) is 80.0 Å². The minimum absolute atomic E-state index is 0.0470. The van der Waals surface area contributed by atoms with E-state index in [1.165, 1.54) is 11.9 Å². The van der Waals surface area contributed by atoms with Crippen molar-refractivity contribution >= 4 is 23.2 Å². The number of fused-ring (bicyclic) bond motifs is 1. The Labute approximate surface area is 325 Å². The molecule has 0 aliphatic heterocycles. The van der Waals surface area contributed by atoms with E-state index in [0.29, 0.717) is 53.8 Å². The van der Waals surface area contributed by atoms with Gasteiger partial charge < -0.3 is 18.9 Å². The SMILES string of the molecule is CCOc1nc2cccc(C(=O)OC(C)OC(=O)OCC(C)(C)CCCON[N+](=O)N(C)C(C)(C)C)c2n1Cc1ccc(-c2ccccc2-c2nn[nH]n2)cc1. The van der Waals surface area contributed by atoms with Crippen molar-refractivity contribution < 1.29 is 38.4 Å². The number of nitrogens with zero attached hydrogens (tertiary/aromatic N) is 7. The molecule has 0 amide bonds. The summed E-state index contributed by atoms with van der Waals surface area (Å²) in [5.41, 5.74) is 6.51. The molecule has 17 nitrogen and oxygen atoms in total. The predicted molar refractivity (Wildman–Crippen MR) is 206 cm³/mol. The topological polar surface area (TPSA) is 188 Å². The van der Waals surface area contributed by atoms with Gasteiger partial charge >= 0.3 is 12.1 Å². The number of hydrogen-bond acceptors (Lipinski definition) is 12. The van der Waals surface area contributed by atoms with Crippen LogP contribution in [0.1, 0.15) is 77.2 Å². The van der Waals surface area contributed by atoms with Crippen LogP contribution in [0.2, 0.25) is 0 Å². The number of imidazole rings is 1. The van der Waals surface area contributed by atoms with Gasteiger partial charge in [0.15, 0.2) is 0 Å². The first-order valence-corrected chi connectivity index (χ1v) is 18.3. The summed E-state index contributed by atoms with van der Waals surface area (Å²) in [5, 5.41) is 15.9. The fourth-order valence-electron chi connectivity index (χ4n) is 5.68. The Kier molecular flexibility index (Phi) is 13.2. The number of aromatic nitrogens is 6. The molecule has 0 aliphatic carbocycles. The molecule has 17 heteroatoms. The minimum atomic E-state index is -1.25. The number of hydrazine groups is 2. The molecule has 0 saturated heterocycles. The molecule has 3 aromatic carbocycles. The van der Waals surface area contributed by atoms with Gasteiger partial charge in [-0.2, -0.15) is 10.2 Å². The summed E-state index contributed by atoms with van der Waals surface area (Å²) in [5.74, 6) is -0.217. The van der Waals surface area contributed by atoms with Crippen LogP contribution < -0.4 is 10.3 Å². The molecule has 2 heterocycles. The highest BCUT2D eigenvalue weighted by molar-refractivity contribution is 6.02. The van der Waals surface area contributed by atoms with Gasteiger partial charge in [0.1, 0.15) is 6.61 Å². The Balaban J connectivity index is 1.18. The van der Waals surface area contributed by atoms with Gasteiger partial charge in [0.25, 0.3) is 11.0 Å². The molecule has 0 aliphatic rings. The van der Waals surface area contributed by atoms with Gasteiger partial charge in [-0.15, -0.1) is 15.2 Å². The number of H-pyrrole nitrogens is 1. The molecular weight excluding hydrogens is 722 g/mol. The van der Waals surface area contributed by atoms with Crippen LogP contribution >= 0.6 is 0 Å². The Morgan fingerprint density at radius 1 is 0.982 bits per heavy atom. The molecular formula is C39H50N9O8+. The number of aromatic amines is 1. The second kappa shape index (κ2) is 18.0. The molecule has 1 unspecified atom stereocenters. The van der Waals surface area contributed by atoms with Gasteiger partial charge in [0.2, 0.25) is 12.1 Å². The van der Waals surface area contributed by atoms with Crippen LogP contribution in [-0.2, 0) is 25.6 Å². The van der Waals surface area contributed by atoms with E-state index >= 15 is 0 Å². The maximum atomic E-state index is 13.6. The number of para-hydroxylation sites is 1. The van der Waals surface area contributed by atoms with Crippen molar-refractivity contribution in [1.29, 1.82) is 0 Å². The summed E-state index contributed by atoms with van der Waals surface area (Å²) in [6.45, 7) is 13.9. The van der Waals surface area contributed by atoms with E-state index in [2.05, 4.69) is 31.2 Å². The van der Waals surface area contributed by atoms with Crippen LogP contribution in [0.5, 0.6) is 6.01 Å². The molecule has 0 fully saturated rings. The quantitative estimate of drug-likeness (QED) is 0.0317. The third kappa shape index (κ3) is 10.6. The van der Waals surface area contributed by atoms with Crippen LogP contribution in [-0.4, -0.2) is 91.0 Å². The minimum Gasteiger partial charge on any atom is -0.465 e. The molecule has 56 heavy (non-hydrogen) atoms. The van der Waals surface area contributed by atoms with E-state index in [4.69, 9.17) is 23.8 Å². The highest BCUT2D eigenvalue weighted by Crippen LogP contribution is 2.31. The number of hydrogen-bond donors (Lipinski definition) is 2. The molecule has 1 atom stereocenters. The maximum Gasteiger partial charge on any atom is 0.511 e. The first-order valence-electron chi connectivity index (χ1n) is 18.3. The third-order valence-corrected chi connectivity index (χ3v) is 8.95. The average molecular weight is 773 g/mol. The fraction of sp³-hybridized carbons (Fsp3) is 0.436. The van der Waals surface area contributed by atoms with Crippen molar-refractivity contribution in [2.24, 2.45) is 5.41 Å². The molecule has 2 N–H and O–H groups in total. The fourth-order valence-corrected chi connectivity index (χ4v) is 5.68. The lowest BCUT2D eigenvalue weighted by molar-refractivity contribution is -0.795. The molecule has 298 valence electrons. The monoisotopic (exact) mass is 772 g/mol. The second-order valence-corrected chi connectivity index (χ2v) is 14.9. The van der Waals surface area contributed by atoms with Gasteiger partial charge in [-0.1, -0.05) is 68.4 Å². The summed E-state index contributed by atoms with van der Waals surface area (Å²) >= 11 is 0. The van der Waals surface area contributed by atoms with Gasteiger partial charge in [-0.3, -0.25) is 4.57 Å². The summed E-state index contributed by atoms with van der Waals surface area (Å²) in [4.78, 5) is 48.8. The number of carbonyl (C=O) groups is 2. The zero-order chi connectivity index (χ0) is 40.5. The van der Waals surface area contributed by atoms with Crippen LogP contribution in [0.15, 0.2) is 66.7 Å². The highest BCUT2D eigenvalue weighted by atomic mass is 16.8. The van der Waals surface area contributed by atoms with Crippen molar-refractivity contribution in [1.82, 2.24) is 40.8 Å². The zero-order valence-electron chi connectivity index (χ0n) is 33.1. The number of nitrogens with one attached hydrogen (secondary N) is 2. The number of rotatable bonds is 18. The zero-order valence-corrected chi connectivity index (χ0v) is 33.1. The molecule has 5 rings (SSSR count). The second-order valence-electron chi connectivity index (χ2n) is 14.9. The lowest BCUT2D eigenvalue weighted by atomic mass is 9.89. The normalized spacial score (nSPS) is 12.2. The van der Waals surface area contributed by atoms with Gasteiger partial charge in [0, 0.05) is 18.1 Å². The summed E-state index contributed by atoms with van der Waals surface area (Å²) in [6, 6.07) is 21.3. The lowest BCUT2D eigenvalue weighted by Gasteiger charge is -2.24. The largest absolute Gasteiger partial charge is 0.511 e. The van der Waals surface area contributed by atoms with E-state index in [0.717, 1.165) is 22.3 Å². The van der Waals surface area contributed by atoms with Crippen molar-refractivity contribution in [2.75, 3.05) is 26.9 Å². The summed E-state index contributed by atoms with van der Waals surface area (Å²) in [7, 11) is 1.66. The summed E-state index contributed by atoms with van der Waals surface area (Å²) in [6.07, 6.45) is -1.01. The molecule has 0 spiro atoms. The molecule has 2 aromatic heterocycles. The Bertz CT molecular complexity index is 2090. The van der Waals surface area contributed by atoms with Crippen molar-refractivity contribution in [2.45, 2.75) is 79.7 Å². The van der Waals surface area contributed by atoms with Crippen molar-refractivity contribution in [3.05, 3.63) is 82.8 Å². The van der Waals surface area contributed by atoms with Crippen molar-refractivity contribution in [3.8, 4) is 28.5 Å². The summed E-state index contributed by atoms with van der Waals surface area (Å²) < 4.78 is 23.9. The highest BCUT2D eigenvalue weighted by Gasteiger charge is 2.30. The number of nitroso groups, excluding NO2 is 1. The van der Waals surface area contributed by atoms with E-state index in [9.17, 15) is 14.5 Å². The van der Waals surface area contributed by atoms with Crippen LogP contribution in [0, 0.1) is 10.3 Å². The third-order valence-electron chi connectivity index (χ3n) is 8.95. The van der Waals surface area contributed by atoms with Crippen LogP contribution in [0.4, 0.5) is 4.79 Å². The van der Waals surface area contributed by atoms with Crippen molar-refractivity contribution in [3.63, 3.8) is 0 Å². The first kappa shape index (κ1) is 41.1. The standard InChI is InChI=1S/C39H50N9O8/c1-9-52-36-40-32-17-12-16-31(33(32)47(36)24-27-18-20-28(21-19-27)29-14-10-11-15-30(29)34-41-43-44-42-34)35(49)55-26(2)56-37(50)53-25-39(6,7)22-13-23-54-45-48(51)46(8)38(3,4)5/h10-12,14-21,26H,9,13,22-25H2,1-8H3,(H,45,51)(H,41,42,43,44)/q+1. The predicted octanol–water partition coefficient (Wildman–Crippen LogP) is 6.65. The van der Waals surface area contributed by atoms with E-state index in [-0.39, 0.29) is 24.3 Å². The van der Waals surface area contributed by atoms with E-state index in [1.807, 2.05) is 94.6 Å². The molecule has 0 bridgehead atoms. The van der Waals surface area contributed by atoms with Gasteiger partial charge in [0.05, 0.1) is 53.8 Å². The number of carbonyl (C=O) groups excluding carboxylic acids is 2. The lowest BCUT2D eigenvalue weighted by Crippen LogP contribution is -2.49. The first-order chi connectivity index (χ1) is 26.7. The number of tetrazole rings is 1. The van der Waals surface area contributed by atoms with Crippen LogP contribution in [0.3, 0.4) is 0 Å². The van der Waals surface area contributed by atoms with E-state index in [1.54, 1.807) is 25.2 Å². The Morgan fingerprint density at radius 2 is 1.71 bits per heavy atom. The number of esters is 1. The smallest absolute Gasteiger partial charge is 0.465 e. The molecule has 0 saturated carbocycles. The number of benzene rings is 3. The molecule has 5 aromatic rings. The van der Waals surface area contributed by atoms with Gasteiger partial charge in [-0.25, -0.2) is 14.4 Å².